The lowest BCUT2D eigenvalue weighted by atomic mass is 9.82. The third-order valence-corrected chi connectivity index (χ3v) is 10.1. The molecule has 0 amide bonds. The third-order valence-electron chi connectivity index (χ3n) is 10.1. The molecule has 10 rings (SSSR count). The Morgan fingerprint density at radius 2 is 1.04 bits per heavy atom. The van der Waals surface area contributed by atoms with Gasteiger partial charge in [-0.05, 0) is 56.6 Å². The molecule has 2 aromatic heterocycles. The molecule has 0 atom stereocenters. The maximum atomic E-state index is 6.45. The Hall–Kier alpha value is -6.13. The van der Waals surface area contributed by atoms with Crippen molar-refractivity contribution in [3.05, 3.63) is 151 Å². The molecule has 4 nitrogen and oxygen atoms in total. The lowest BCUT2D eigenvalue weighted by molar-refractivity contribution is 0.660. The van der Waals surface area contributed by atoms with Crippen LogP contribution in [0.2, 0.25) is 0 Å². The second kappa shape index (κ2) is 9.93. The van der Waals surface area contributed by atoms with E-state index in [4.69, 9.17) is 19.4 Å². The Bertz CT molecular complexity index is 2760. The van der Waals surface area contributed by atoms with Gasteiger partial charge in [0, 0.05) is 38.3 Å². The van der Waals surface area contributed by atoms with Gasteiger partial charge in [0.25, 0.3) is 0 Å². The zero-order chi connectivity index (χ0) is 32.0. The molecule has 1 aliphatic carbocycles. The Morgan fingerprint density at radius 1 is 0.438 bits per heavy atom. The maximum Gasteiger partial charge on any atom is 0.164 e. The molecule has 0 fully saturated rings. The number of para-hydroxylation sites is 1. The minimum absolute atomic E-state index is 0.0660. The van der Waals surface area contributed by atoms with Crippen LogP contribution in [0.4, 0.5) is 0 Å². The van der Waals surface area contributed by atoms with E-state index in [1.807, 2.05) is 30.3 Å². The van der Waals surface area contributed by atoms with Gasteiger partial charge >= 0.3 is 0 Å². The monoisotopic (exact) mass is 615 g/mol. The first kappa shape index (κ1) is 27.0. The van der Waals surface area contributed by atoms with Crippen LogP contribution in [0.1, 0.15) is 25.0 Å². The quantitative estimate of drug-likeness (QED) is 0.186. The summed E-state index contributed by atoms with van der Waals surface area (Å²) in [5.74, 6) is 1.95. The van der Waals surface area contributed by atoms with Crippen LogP contribution >= 0.6 is 0 Å². The molecular formula is C44H29N3O. The van der Waals surface area contributed by atoms with Crippen LogP contribution in [0.3, 0.4) is 0 Å². The lowest BCUT2D eigenvalue weighted by Crippen LogP contribution is -2.14. The van der Waals surface area contributed by atoms with Crippen LogP contribution in [0.5, 0.6) is 0 Å². The van der Waals surface area contributed by atoms with Crippen molar-refractivity contribution in [1.29, 1.82) is 0 Å². The van der Waals surface area contributed by atoms with E-state index in [1.54, 1.807) is 0 Å². The van der Waals surface area contributed by atoms with E-state index in [2.05, 4.69) is 123 Å². The summed E-state index contributed by atoms with van der Waals surface area (Å²) in [6.45, 7) is 4.60. The summed E-state index contributed by atoms with van der Waals surface area (Å²) in [6.07, 6.45) is 0. The van der Waals surface area contributed by atoms with Crippen LogP contribution in [0.15, 0.2) is 144 Å². The standard InChI is InChI=1S/C44H29N3O/c1-44(2)36-18-10-8-15-30(36)35-25-28(21-23-37(35)44)43-46-41(26-12-4-3-5-13-26)45-42(47-43)27-20-22-31-34(24-27)29-14-6-7-16-32(29)40-39(31)33-17-9-11-19-38(33)48-40/h3-25H,1-2H3. The largest absolute Gasteiger partial charge is 0.455 e. The van der Waals surface area contributed by atoms with Gasteiger partial charge in [-0.2, -0.15) is 0 Å². The highest BCUT2D eigenvalue weighted by molar-refractivity contribution is 6.30. The molecule has 226 valence electrons. The Morgan fingerprint density at radius 3 is 1.85 bits per heavy atom. The average Bonchev–Trinajstić information content (AvgIpc) is 3.65. The molecule has 2 heterocycles. The first-order valence-corrected chi connectivity index (χ1v) is 16.4. The normalized spacial score (nSPS) is 13.4. The second-order valence-corrected chi connectivity index (χ2v) is 13.2. The number of furan rings is 1. The number of aromatic nitrogens is 3. The predicted octanol–water partition coefficient (Wildman–Crippen LogP) is 11.4. The van der Waals surface area contributed by atoms with Gasteiger partial charge in [0.05, 0.1) is 0 Å². The van der Waals surface area contributed by atoms with Crippen molar-refractivity contribution in [2.75, 3.05) is 0 Å². The number of hydrogen-bond acceptors (Lipinski definition) is 4. The highest BCUT2D eigenvalue weighted by atomic mass is 16.3. The molecule has 9 aromatic rings. The number of hydrogen-bond donors (Lipinski definition) is 0. The summed E-state index contributed by atoms with van der Waals surface area (Å²) in [4.78, 5) is 15.3. The smallest absolute Gasteiger partial charge is 0.164 e. The van der Waals surface area contributed by atoms with Crippen molar-refractivity contribution in [3.8, 4) is 45.3 Å². The molecule has 7 aromatic carbocycles. The molecule has 1 aliphatic rings. The van der Waals surface area contributed by atoms with E-state index in [0.29, 0.717) is 17.5 Å². The first-order valence-electron chi connectivity index (χ1n) is 16.4. The van der Waals surface area contributed by atoms with E-state index < -0.39 is 0 Å². The number of nitrogens with zero attached hydrogens (tertiary/aromatic N) is 3. The molecule has 0 saturated carbocycles. The fourth-order valence-electron chi connectivity index (χ4n) is 7.75. The van der Waals surface area contributed by atoms with Crippen LogP contribution in [0.25, 0.3) is 88.8 Å². The fraction of sp³-hybridized carbons (Fsp3) is 0.0682. The summed E-state index contributed by atoms with van der Waals surface area (Å²) >= 11 is 0. The number of fused-ring (bicyclic) bond motifs is 11. The van der Waals surface area contributed by atoms with Crippen molar-refractivity contribution in [2.24, 2.45) is 0 Å². The van der Waals surface area contributed by atoms with Gasteiger partial charge in [-0.15, -0.1) is 0 Å². The minimum atomic E-state index is -0.0660. The fourth-order valence-corrected chi connectivity index (χ4v) is 7.75. The first-order chi connectivity index (χ1) is 23.5. The highest BCUT2D eigenvalue weighted by Crippen LogP contribution is 2.49. The van der Waals surface area contributed by atoms with Crippen molar-refractivity contribution >= 4 is 43.5 Å². The molecular weight excluding hydrogens is 587 g/mol. The van der Waals surface area contributed by atoms with Crippen LogP contribution in [-0.2, 0) is 5.41 Å². The molecule has 0 aliphatic heterocycles. The molecule has 0 unspecified atom stereocenters. The van der Waals surface area contributed by atoms with Gasteiger partial charge in [0.1, 0.15) is 11.2 Å². The van der Waals surface area contributed by atoms with Gasteiger partial charge in [-0.3, -0.25) is 0 Å². The molecule has 0 saturated heterocycles. The van der Waals surface area contributed by atoms with Crippen molar-refractivity contribution < 1.29 is 4.42 Å². The summed E-state index contributed by atoms with van der Waals surface area (Å²) in [7, 11) is 0. The van der Waals surface area contributed by atoms with Gasteiger partial charge in [-0.1, -0.05) is 135 Å². The van der Waals surface area contributed by atoms with E-state index in [-0.39, 0.29) is 5.41 Å². The van der Waals surface area contributed by atoms with Gasteiger partial charge in [-0.25, -0.2) is 15.0 Å². The topological polar surface area (TPSA) is 51.8 Å². The summed E-state index contributed by atoms with van der Waals surface area (Å²) in [5, 5.41) is 6.77. The second-order valence-electron chi connectivity index (χ2n) is 13.2. The minimum Gasteiger partial charge on any atom is -0.455 e. The highest BCUT2D eigenvalue weighted by Gasteiger charge is 2.35. The Balaban J connectivity index is 1.21. The molecule has 0 N–H and O–H groups in total. The van der Waals surface area contributed by atoms with Crippen molar-refractivity contribution in [1.82, 2.24) is 15.0 Å². The summed E-state index contributed by atoms with van der Waals surface area (Å²) in [6, 6.07) is 48.9. The van der Waals surface area contributed by atoms with Crippen LogP contribution < -0.4 is 0 Å². The zero-order valence-corrected chi connectivity index (χ0v) is 26.5. The van der Waals surface area contributed by atoms with Crippen molar-refractivity contribution in [3.63, 3.8) is 0 Å². The third kappa shape index (κ3) is 3.86. The lowest BCUT2D eigenvalue weighted by Gasteiger charge is -2.21. The van der Waals surface area contributed by atoms with E-state index in [9.17, 15) is 0 Å². The maximum absolute atomic E-state index is 6.45. The summed E-state index contributed by atoms with van der Waals surface area (Å²) < 4.78 is 6.45. The van der Waals surface area contributed by atoms with Crippen LogP contribution in [0, 0.1) is 0 Å². The van der Waals surface area contributed by atoms with E-state index >= 15 is 0 Å². The molecule has 48 heavy (non-hydrogen) atoms. The molecule has 0 spiro atoms. The van der Waals surface area contributed by atoms with Gasteiger partial charge < -0.3 is 4.42 Å². The molecule has 0 bridgehead atoms. The zero-order valence-electron chi connectivity index (χ0n) is 26.5. The molecule has 4 heteroatoms. The summed E-state index contributed by atoms with van der Waals surface area (Å²) in [5.41, 5.74) is 9.79. The average molecular weight is 616 g/mol. The Kier molecular flexibility index (Phi) is 5.59. The number of benzene rings is 7. The van der Waals surface area contributed by atoms with Crippen LogP contribution in [-0.4, -0.2) is 15.0 Å². The molecule has 0 radical (unpaired) electrons. The van der Waals surface area contributed by atoms with Gasteiger partial charge in [0.2, 0.25) is 0 Å². The Labute approximate surface area is 277 Å². The van der Waals surface area contributed by atoms with Gasteiger partial charge in [0.15, 0.2) is 17.5 Å². The SMILES string of the molecule is CC1(C)c2ccccc2-c2cc(-c3nc(-c4ccccc4)nc(-c4ccc5c(c4)c4ccccc4c4oc6ccccc6c54)n3)ccc21. The predicted molar refractivity (Wildman–Crippen MR) is 196 cm³/mol. The van der Waals surface area contributed by atoms with E-state index in [0.717, 1.165) is 60.2 Å². The number of rotatable bonds is 3. The van der Waals surface area contributed by atoms with E-state index in [1.165, 1.54) is 22.3 Å². The van der Waals surface area contributed by atoms with Crippen molar-refractivity contribution in [2.45, 2.75) is 19.3 Å².